The van der Waals surface area contributed by atoms with Crippen LogP contribution >= 0.6 is 0 Å². The van der Waals surface area contributed by atoms with E-state index in [1.54, 1.807) is 30.3 Å². The summed E-state index contributed by atoms with van der Waals surface area (Å²) < 4.78 is 19.4. The fourth-order valence-electron chi connectivity index (χ4n) is 2.17. The summed E-state index contributed by atoms with van der Waals surface area (Å²) in [6, 6.07) is 9.69. The normalized spacial score (nSPS) is 14.5. The molecule has 3 N–H and O–H groups in total. The van der Waals surface area contributed by atoms with Gasteiger partial charge in [-0.2, -0.15) is 4.98 Å². The molecule has 3 atom stereocenters. The second-order valence-electron chi connectivity index (χ2n) is 5.53. The van der Waals surface area contributed by atoms with E-state index in [1.807, 2.05) is 0 Å². The van der Waals surface area contributed by atoms with Crippen molar-refractivity contribution >= 4 is 11.7 Å². The summed E-state index contributed by atoms with van der Waals surface area (Å²) in [6.45, 7) is -0.235. The standard InChI is InChI=1S/C17H20FN3O5/c1-11(23)13(10-22)26-15(9-18)21-8-7-14(20-17(21)25)19-16(24)12-5-3-2-4-6-12/h2-8,11,13,15,22-23H,9-10H2,1H3,(H,19,20,24,25)/t11-,13+,15+/m0/s1. The molecule has 26 heavy (non-hydrogen) atoms. The topological polar surface area (TPSA) is 114 Å². The fraction of sp³-hybridized carbons (Fsp3) is 0.353. The van der Waals surface area contributed by atoms with Gasteiger partial charge in [0.15, 0.2) is 6.23 Å². The number of hydrogen-bond donors (Lipinski definition) is 3. The third kappa shape index (κ3) is 4.94. The zero-order chi connectivity index (χ0) is 19.1. The number of alkyl halides is 1. The molecule has 1 heterocycles. The number of carbonyl (C=O) groups excluding carboxylic acids is 1. The molecule has 0 saturated carbocycles. The van der Waals surface area contributed by atoms with Gasteiger partial charge in [0.05, 0.1) is 12.7 Å². The van der Waals surface area contributed by atoms with Crippen LogP contribution < -0.4 is 11.0 Å². The molecule has 2 rings (SSSR count). The van der Waals surface area contributed by atoms with Gasteiger partial charge in [-0.05, 0) is 25.1 Å². The molecule has 1 amide bonds. The molecular weight excluding hydrogens is 345 g/mol. The van der Waals surface area contributed by atoms with Crippen molar-refractivity contribution in [3.05, 3.63) is 58.6 Å². The highest BCUT2D eigenvalue weighted by Gasteiger charge is 2.22. The largest absolute Gasteiger partial charge is 0.394 e. The van der Waals surface area contributed by atoms with E-state index < -0.39 is 43.3 Å². The van der Waals surface area contributed by atoms with Gasteiger partial charge in [0.1, 0.15) is 18.6 Å². The maximum Gasteiger partial charge on any atom is 0.351 e. The summed E-state index contributed by atoms with van der Waals surface area (Å²) in [7, 11) is 0. The van der Waals surface area contributed by atoms with Crippen LogP contribution in [-0.4, -0.2) is 51.2 Å². The van der Waals surface area contributed by atoms with Gasteiger partial charge in [-0.3, -0.25) is 9.36 Å². The maximum atomic E-state index is 13.3. The summed E-state index contributed by atoms with van der Waals surface area (Å²) in [6.07, 6.45) is -2.25. The van der Waals surface area contributed by atoms with Crippen molar-refractivity contribution in [2.75, 3.05) is 18.6 Å². The molecule has 0 aliphatic heterocycles. The van der Waals surface area contributed by atoms with Crippen LogP contribution in [0.1, 0.15) is 23.5 Å². The van der Waals surface area contributed by atoms with E-state index >= 15 is 0 Å². The lowest BCUT2D eigenvalue weighted by molar-refractivity contribution is -0.126. The van der Waals surface area contributed by atoms with Gasteiger partial charge in [0.2, 0.25) is 0 Å². The highest BCUT2D eigenvalue weighted by Crippen LogP contribution is 2.13. The predicted molar refractivity (Wildman–Crippen MR) is 91.5 cm³/mol. The van der Waals surface area contributed by atoms with Crippen LogP contribution in [0.15, 0.2) is 47.4 Å². The molecule has 9 heteroatoms. The number of carbonyl (C=O) groups is 1. The van der Waals surface area contributed by atoms with Crippen molar-refractivity contribution < 1.29 is 24.1 Å². The van der Waals surface area contributed by atoms with Crippen molar-refractivity contribution in [2.45, 2.75) is 25.4 Å². The Morgan fingerprint density at radius 3 is 2.58 bits per heavy atom. The molecule has 0 spiro atoms. The fourth-order valence-corrected chi connectivity index (χ4v) is 2.17. The summed E-state index contributed by atoms with van der Waals surface area (Å²) in [4.78, 5) is 27.9. The second kappa shape index (κ2) is 9.18. The number of halogens is 1. The third-order valence-corrected chi connectivity index (χ3v) is 3.60. The van der Waals surface area contributed by atoms with Crippen molar-refractivity contribution in [1.29, 1.82) is 0 Å². The average Bonchev–Trinajstić information content (AvgIpc) is 2.64. The number of aliphatic hydroxyl groups excluding tert-OH is 2. The minimum atomic E-state index is -1.36. The first-order chi connectivity index (χ1) is 12.5. The molecule has 8 nitrogen and oxygen atoms in total. The van der Waals surface area contributed by atoms with E-state index in [0.29, 0.717) is 5.56 Å². The smallest absolute Gasteiger partial charge is 0.351 e. The Morgan fingerprint density at radius 2 is 2.04 bits per heavy atom. The Labute approximate surface area is 148 Å². The van der Waals surface area contributed by atoms with E-state index in [-0.39, 0.29) is 5.82 Å². The van der Waals surface area contributed by atoms with Crippen LogP contribution in [0.2, 0.25) is 0 Å². The molecule has 1 aromatic heterocycles. The van der Waals surface area contributed by atoms with E-state index in [2.05, 4.69) is 10.3 Å². The number of ether oxygens (including phenoxy) is 1. The first-order valence-electron chi connectivity index (χ1n) is 7.92. The zero-order valence-corrected chi connectivity index (χ0v) is 14.1. The molecule has 0 aliphatic rings. The van der Waals surface area contributed by atoms with E-state index in [0.717, 1.165) is 4.57 Å². The maximum absolute atomic E-state index is 13.3. The lowest BCUT2D eigenvalue weighted by Crippen LogP contribution is -2.37. The first-order valence-corrected chi connectivity index (χ1v) is 7.92. The SMILES string of the molecule is C[C@H](O)[C@@H](CO)O[C@H](CF)n1ccc(NC(=O)c2ccccc2)nc1=O. The summed E-state index contributed by atoms with van der Waals surface area (Å²) in [5.74, 6) is -0.435. The molecule has 0 saturated heterocycles. The van der Waals surface area contributed by atoms with Crippen LogP contribution in [0.4, 0.5) is 10.2 Å². The zero-order valence-electron chi connectivity index (χ0n) is 14.1. The van der Waals surface area contributed by atoms with Crippen molar-refractivity contribution in [1.82, 2.24) is 9.55 Å². The Kier molecular flexibility index (Phi) is 6.96. The van der Waals surface area contributed by atoms with E-state index in [9.17, 15) is 19.1 Å². The molecule has 0 aliphatic carbocycles. The first kappa shape index (κ1) is 19.7. The summed E-state index contributed by atoms with van der Waals surface area (Å²) >= 11 is 0. The lowest BCUT2D eigenvalue weighted by Gasteiger charge is -2.24. The van der Waals surface area contributed by atoms with Crippen LogP contribution in [0.5, 0.6) is 0 Å². The van der Waals surface area contributed by atoms with Gasteiger partial charge >= 0.3 is 5.69 Å². The van der Waals surface area contributed by atoms with Gasteiger partial charge in [-0.25, -0.2) is 9.18 Å². The van der Waals surface area contributed by atoms with Crippen LogP contribution in [-0.2, 0) is 4.74 Å². The Hall–Kier alpha value is -2.62. The quantitative estimate of drug-likeness (QED) is 0.635. The van der Waals surface area contributed by atoms with Crippen LogP contribution in [0.3, 0.4) is 0 Å². The van der Waals surface area contributed by atoms with Gasteiger partial charge < -0.3 is 20.3 Å². The lowest BCUT2D eigenvalue weighted by atomic mass is 10.2. The Morgan fingerprint density at radius 1 is 1.35 bits per heavy atom. The Bertz CT molecular complexity index is 781. The monoisotopic (exact) mass is 365 g/mol. The van der Waals surface area contributed by atoms with Gasteiger partial charge in [0, 0.05) is 11.8 Å². The van der Waals surface area contributed by atoms with E-state index in [4.69, 9.17) is 9.84 Å². The number of aliphatic hydroxyl groups is 2. The number of nitrogens with one attached hydrogen (secondary N) is 1. The third-order valence-electron chi connectivity index (χ3n) is 3.60. The molecule has 140 valence electrons. The van der Waals surface area contributed by atoms with Crippen LogP contribution in [0.25, 0.3) is 0 Å². The molecule has 0 radical (unpaired) electrons. The highest BCUT2D eigenvalue weighted by molar-refractivity contribution is 6.03. The number of benzene rings is 1. The predicted octanol–water partition coefficient (Wildman–Crippen LogP) is 0.722. The Balaban J connectivity index is 2.15. The van der Waals surface area contributed by atoms with Crippen molar-refractivity contribution in [3.8, 4) is 0 Å². The minimum absolute atomic E-state index is 0.00643. The van der Waals surface area contributed by atoms with Gasteiger partial charge in [0.25, 0.3) is 5.91 Å². The van der Waals surface area contributed by atoms with Gasteiger partial charge in [-0.15, -0.1) is 0 Å². The number of amides is 1. The second-order valence-corrected chi connectivity index (χ2v) is 5.53. The number of nitrogens with zero attached hydrogens (tertiary/aromatic N) is 2. The van der Waals surface area contributed by atoms with Crippen LogP contribution in [0, 0.1) is 0 Å². The number of rotatable bonds is 8. The molecule has 0 unspecified atom stereocenters. The summed E-state index contributed by atoms with van der Waals surface area (Å²) in [5.41, 5.74) is -0.452. The van der Waals surface area contributed by atoms with Crippen molar-refractivity contribution in [3.63, 3.8) is 0 Å². The molecule has 2 aromatic rings. The minimum Gasteiger partial charge on any atom is -0.394 e. The van der Waals surface area contributed by atoms with Gasteiger partial charge in [-0.1, -0.05) is 18.2 Å². The number of hydrogen-bond acceptors (Lipinski definition) is 6. The van der Waals surface area contributed by atoms with E-state index in [1.165, 1.54) is 19.2 Å². The molecule has 0 bridgehead atoms. The van der Waals surface area contributed by atoms with Crippen molar-refractivity contribution in [2.24, 2.45) is 0 Å². The molecule has 1 aromatic carbocycles. The highest BCUT2D eigenvalue weighted by atomic mass is 19.1. The molecular formula is C17H20FN3O5. The average molecular weight is 365 g/mol. The number of aromatic nitrogens is 2. The number of anilines is 1. The summed E-state index contributed by atoms with van der Waals surface area (Å²) in [5, 5.41) is 21.1. The molecule has 0 fully saturated rings.